The summed E-state index contributed by atoms with van der Waals surface area (Å²) in [6.07, 6.45) is 3.73. The highest BCUT2D eigenvalue weighted by Crippen LogP contribution is 2.34. The number of nitrogens with zero attached hydrogens (tertiary/aromatic N) is 1. The van der Waals surface area contributed by atoms with Crippen LogP contribution in [-0.4, -0.2) is 18.1 Å². The van der Waals surface area contributed by atoms with Crippen LogP contribution in [0, 0.1) is 11.7 Å². The molecule has 6 heteroatoms. The van der Waals surface area contributed by atoms with Crippen LogP contribution in [0.4, 0.5) is 4.39 Å². The Morgan fingerprint density at radius 2 is 2.40 bits per heavy atom. The van der Waals surface area contributed by atoms with Crippen LogP contribution in [-0.2, 0) is 0 Å². The van der Waals surface area contributed by atoms with Gasteiger partial charge in [0, 0.05) is 12.5 Å². The van der Waals surface area contributed by atoms with Gasteiger partial charge in [-0.25, -0.2) is 9.37 Å². The molecule has 106 valence electrons. The highest BCUT2D eigenvalue weighted by Gasteiger charge is 2.31. The van der Waals surface area contributed by atoms with Crippen LogP contribution in [0.2, 0.25) is 5.02 Å². The van der Waals surface area contributed by atoms with Crippen molar-refractivity contribution < 1.29 is 13.5 Å². The van der Waals surface area contributed by atoms with Gasteiger partial charge in [-0.2, -0.15) is 0 Å². The van der Waals surface area contributed by atoms with Gasteiger partial charge in [0.1, 0.15) is 17.8 Å². The van der Waals surface area contributed by atoms with E-state index in [-0.39, 0.29) is 17.0 Å². The lowest BCUT2D eigenvalue weighted by Crippen LogP contribution is -2.21. The topological polar surface area (TPSA) is 47.3 Å². The Bertz CT molecular complexity index is 571. The molecule has 1 aliphatic rings. The number of benzene rings is 1. The van der Waals surface area contributed by atoms with E-state index in [0.29, 0.717) is 11.6 Å². The standard InChI is InChI=1S/C14H14ClFN2O2/c15-11-7-10(16)1-2-12(11)20-13(9-3-4-17-8-9)14-18-5-6-19-14/h1-2,5-7,9,13,17H,3-4,8H2/t9-,13+/m0/s1. The molecule has 0 bridgehead atoms. The van der Waals surface area contributed by atoms with Gasteiger partial charge >= 0.3 is 0 Å². The molecule has 1 fully saturated rings. The highest BCUT2D eigenvalue weighted by atomic mass is 35.5. The zero-order valence-electron chi connectivity index (χ0n) is 10.7. The minimum Gasteiger partial charge on any atom is -0.479 e. The zero-order valence-corrected chi connectivity index (χ0v) is 11.4. The molecule has 0 spiro atoms. The molecule has 2 atom stereocenters. The van der Waals surface area contributed by atoms with Crippen LogP contribution in [0.1, 0.15) is 18.4 Å². The molecule has 0 unspecified atom stereocenters. The highest BCUT2D eigenvalue weighted by molar-refractivity contribution is 6.32. The van der Waals surface area contributed by atoms with E-state index in [2.05, 4.69) is 10.3 Å². The maximum atomic E-state index is 13.1. The Morgan fingerprint density at radius 1 is 1.50 bits per heavy atom. The second kappa shape index (κ2) is 5.81. The summed E-state index contributed by atoms with van der Waals surface area (Å²) in [5.41, 5.74) is 0. The van der Waals surface area contributed by atoms with Crippen LogP contribution in [0.5, 0.6) is 5.75 Å². The number of halogens is 2. The third kappa shape index (κ3) is 2.78. The SMILES string of the molecule is Fc1ccc(O[C@@H](c2ncco2)[C@H]2CCNC2)c(Cl)c1. The fourth-order valence-corrected chi connectivity index (χ4v) is 2.58. The molecule has 1 aliphatic heterocycles. The van der Waals surface area contributed by atoms with Crippen molar-refractivity contribution in [3.63, 3.8) is 0 Å². The van der Waals surface area contributed by atoms with Gasteiger partial charge in [-0.1, -0.05) is 11.6 Å². The van der Waals surface area contributed by atoms with Gasteiger partial charge in [-0.3, -0.25) is 0 Å². The minimum atomic E-state index is -0.391. The molecule has 0 saturated carbocycles. The predicted octanol–water partition coefficient (Wildman–Crippen LogP) is 3.20. The van der Waals surface area contributed by atoms with E-state index in [1.807, 2.05) is 0 Å². The molecule has 1 aromatic heterocycles. The Hall–Kier alpha value is -1.59. The van der Waals surface area contributed by atoms with Crippen molar-refractivity contribution in [1.29, 1.82) is 0 Å². The molecule has 1 saturated heterocycles. The van der Waals surface area contributed by atoms with Crippen LogP contribution in [0.3, 0.4) is 0 Å². The molecule has 4 nitrogen and oxygen atoms in total. The van der Waals surface area contributed by atoms with E-state index >= 15 is 0 Å². The summed E-state index contributed by atoms with van der Waals surface area (Å²) in [6, 6.07) is 4.08. The van der Waals surface area contributed by atoms with Gasteiger partial charge in [0.05, 0.1) is 11.2 Å². The number of aromatic nitrogens is 1. The second-order valence-electron chi connectivity index (χ2n) is 4.74. The zero-order chi connectivity index (χ0) is 13.9. The Labute approximate surface area is 120 Å². The molecule has 20 heavy (non-hydrogen) atoms. The molecule has 0 radical (unpaired) electrons. The van der Waals surface area contributed by atoms with Crippen LogP contribution in [0.15, 0.2) is 35.1 Å². The molecule has 1 N–H and O–H groups in total. The Balaban J connectivity index is 1.86. The smallest absolute Gasteiger partial charge is 0.235 e. The van der Waals surface area contributed by atoms with Crippen molar-refractivity contribution >= 4 is 11.6 Å². The number of hydrogen-bond acceptors (Lipinski definition) is 4. The van der Waals surface area contributed by atoms with Gasteiger partial charge in [-0.15, -0.1) is 0 Å². The molecular weight excluding hydrogens is 283 g/mol. The predicted molar refractivity (Wildman–Crippen MR) is 72.3 cm³/mol. The van der Waals surface area contributed by atoms with E-state index in [0.717, 1.165) is 19.5 Å². The number of hydrogen-bond donors (Lipinski definition) is 1. The third-order valence-electron chi connectivity index (χ3n) is 3.37. The van der Waals surface area contributed by atoms with E-state index in [9.17, 15) is 4.39 Å². The largest absolute Gasteiger partial charge is 0.479 e. The lowest BCUT2D eigenvalue weighted by molar-refractivity contribution is 0.114. The van der Waals surface area contributed by atoms with E-state index in [4.69, 9.17) is 20.8 Å². The first-order valence-corrected chi connectivity index (χ1v) is 6.83. The number of nitrogens with one attached hydrogen (secondary N) is 1. The molecular formula is C14H14ClFN2O2. The summed E-state index contributed by atoms with van der Waals surface area (Å²) in [5.74, 6) is 0.801. The second-order valence-corrected chi connectivity index (χ2v) is 5.14. The quantitative estimate of drug-likeness (QED) is 0.941. The summed E-state index contributed by atoms with van der Waals surface area (Å²) in [6.45, 7) is 1.76. The first kappa shape index (κ1) is 13.4. The Morgan fingerprint density at radius 3 is 3.05 bits per heavy atom. The summed E-state index contributed by atoms with van der Waals surface area (Å²) in [7, 11) is 0. The van der Waals surface area contributed by atoms with Crippen LogP contribution in [0.25, 0.3) is 0 Å². The van der Waals surface area contributed by atoms with Gasteiger partial charge in [-0.05, 0) is 31.2 Å². The minimum absolute atomic E-state index is 0.243. The van der Waals surface area contributed by atoms with Crippen molar-refractivity contribution in [3.05, 3.63) is 47.4 Å². The lowest BCUT2D eigenvalue weighted by Gasteiger charge is -2.22. The lowest BCUT2D eigenvalue weighted by atomic mass is 10.0. The van der Waals surface area contributed by atoms with Crippen molar-refractivity contribution in [2.45, 2.75) is 12.5 Å². The fourth-order valence-electron chi connectivity index (χ4n) is 2.37. The van der Waals surface area contributed by atoms with Gasteiger partial charge < -0.3 is 14.5 Å². The van der Waals surface area contributed by atoms with Crippen molar-refractivity contribution in [2.75, 3.05) is 13.1 Å². The number of ether oxygens (including phenoxy) is 1. The first-order valence-electron chi connectivity index (χ1n) is 6.46. The van der Waals surface area contributed by atoms with Crippen LogP contribution >= 0.6 is 11.6 Å². The first-order chi connectivity index (χ1) is 9.74. The van der Waals surface area contributed by atoms with Crippen molar-refractivity contribution in [1.82, 2.24) is 10.3 Å². The average Bonchev–Trinajstić information content (AvgIpc) is 3.11. The molecule has 2 aromatic rings. The van der Waals surface area contributed by atoms with E-state index in [1.165, 1.54) is 24.5 Å². The summed E-state index contributed by atoms with van der Waals surface area (Å²) in [5, 5.41) is 3.52. The van der Waals surface area contributed by atoms with Crippen molar-refractivity contribution in [3.8, 4) is 5.75 Å². The molecule has 1 aromatic carbocycles. The van der Waals surface area contributed by atoms with Crippen molar-refractivity contribution in [2.24, 2.45) is 5.92 Å². The molecule has 2 heterocycles. The maximum absolute atomic E-state index is 13.1. The monoisotopic (exact) mass is 296 g/mol. The summed E-state index contributed by atoms with van der Waals surface area (Å²) < 4.78 is 24.4. The fraction of sp³-hybridized carbons (Fsp3) is 0.357. The third-order valence-corrected chi connectivity index (χ3v) is 3.66. The molecule has 0 aliphatic carbocycles. The van der Waals surface area contributed by atoms with Crippen LogP contribution < -0.4 is 10.1 Å². The van der Waals surface area contributed by atoms with E-state index < -0.39 is 5.82 Å². The number of rotatable bonds is 4. The Kier molecular flexibility index (Phi) is 3.89. The normalized spacial score (nSPS) is 20.0. The number of oxazole rings is 1. The summed E-state index contributed by atoms with van der Waals surface area (Å²) >= 11 is 6.01. The average molecular weight is 297 g/mol. The maximum Gasteiger partial charge on any atom is 0.235 e. The van der Waals surface area contributed by atoms with E-state index in [1.54, 1.807) is 6.20 Å². The molecule has 0 amide bonds. The van der Waals surface area contributed by atoms with Gasteiger partial charge in [0.15, 0.2) is 6.10 Å². The van der Waals surface area contributed by atoms with Gasteiger partial charge in [0.2, 0.25) is 5.89 Å². The molecule has 3 rings (SSSR count). The summed E-state index contributed by atoms with van der Waals surface area (Å²) in [4.78, 5) is 4.17. The van der Waals surface area contributed by atoms with Gasteiger partial charge in [0.25, 0.3) is 0 Å².